The minimum absolute atomic E-state index is 0. The summed E-state index contributed by atoms with van der Waals surface area (Å²) in [4.78, 5) is 7.75. The second-order valence-electron chi connectivity index (χ2n) is 10.5. The Balaban J connectivity index is 0.0000000985. The minimum atomic E-state index is 0. The molecule has 12 bridgehead atoms. The van der Waals surface area contributed by atoms with E-state index in [1.807, 2.05) is 0 Å². The molecular formula is C18H36Cl2N9P3Pt. The van der Waals surface area contributed by atoms with Crippen LogP contribution in [0.2, 0.25) is 0 Å². The molecule has 192 valence electrons. The Kier molecular flexibility index (Phi) is 9.69. The van der Waals surface area contributed by atoms with Crippen LogP contribution in [0.3, 0.4) is 0 Å². The van der Waals surface area contributed by atoms with Gasteiger partial charge in [0.2, 0.25) is 0 Å². The van der Waals surface area contributed by atoms with Crippen molar-refractivity contribution in [2.45, 2.75) is 18.1 Å². The van der Waals surface area contributed by atoms with Crippen molar-refractivity contribution in [1.82, 2.24) is 46.0 Å². The fraction of sp³-hybridized carbons (Fsp3) is 1.00. The van der Waals surface area contributed by atoms with Gasteiger partial charge in [0.1, 0.15) is 0 Å². The number of nitrogens with zero attached hydrogens (tertiary/aromatic N) is 6. The topological polar surface area (TPSA) is 55.5 Å². The molecule has 3 N–H and O–H groups in total. The maximum absolute atomic E-state index is 4.61. The van der Waals surface area contributed by atoms with Gasteiger partial charge in [-0.05, 0) is 18.5 Å². The summed E-state index contributed by atoms with van der Waals surface area (Å²) < 4.78 is 0. The third-order valence-electron chi connectivity index (χ3n) is 7.39. The molecule has 12 atom stereocenters. The molecule has 33 heavy (non-hydrogen) atoms. The summed E-state index contributed by atoms with van der Waals surface area (Å²) in [5.74, 6) is 0. The molecule has 12 aliphatic heterocycles. The third-order valence-corrected chi connectivity index (χ3v) is 14.9. The van der Waals surface area contributed by atoms with E-state index >= 15 is 0 Å². The molecule has 12 rings (SSSR count). The molecular weight excluding hydrogens is 701 g/mol. The maximum atomic E-state index is 4.61. The van der Waals surface area contributed by atoms with Crippen molar-refractivity contribution in [1.29, 1.82) is 0 Å². The standard InChI is InChI=1S/3C6H12N3P.2ClH.Pt/c3*1-6-2-10-4-8(1)3-9(5-10)7-6;;;/h3*6-7H,1-5H2;2*1H;/q;;;;;+2/p-2. The predicted octanol–water partition coefficient (Wildman–Crippen LogP) is -2.73. The van der Waals surface area contributed by atoms with Gasteiger partial charge in [0.15, 0.2) is 0 Å². The van der Waals surface area contributed by atoms with E-state index in [0.717, 1.165) is 18.1 Å². The Hall–Kier alpha value is 2.20. The molecule has 0 amide bonds. The first-order valence-corrected chi connectivity index (χ1v) is 20.2. The molecule has 12 fully saturated rings. The number of hydrogen-bond acceptors (Lipinski definition) is 9. The quantitative estimate of drug-likeness (QED) is 0.231. The molecule has 0 aromatic rings. The Labute approximate surface area is 223 Å². The van der Waals surface area contributed by atoms with Crippen LogP contribution in [0, 0.1) is 0 Å². The second-order valence-corrected chi connectivity index (χ2v) is 17.3. The summed E-state index contributed by atoms with van der Waals surface area (Å²) in [5.41, 5.74) is 10.6. The molecule has 0 aromatic heterocycles. The molecule has 0 radical (unpaired) electrons. The van der Waals surface area contributed by atoms with Crippen molar-refractivity contribution in [2.75, 3.05) is 95.8 Å². The van der Waals surface area contributed by atoms with Gasteiger partial charge in [-0.15, -0.1) is 0 Å². The first-order chi connectivity index (χ1) is 15.7. The Bertz CT molecular complexity index is 416. The number of hydrogen-bond donors (Lipinski definition) is 3. The average Bonchev–Trinajstić information content (AvgIpc) is 2.73. The zero-order valence-electron chi connectivity index (χ0n) is 18.9. The summed E-state index contributed by atoms with van der Waals surface area (Å²) in [6.07, 6.45) is 12.7. The molecule has 12 saturated heterocycles. The monoisotopic (exact) mass is 736 g/mol. The third kappa shape index (κ3) is 6.44. The van der Waals surface area contributed by atoms with Crippen molar-refractivity contribution < 1.29 is 31.2 Å². The normalized spacial score (nSPS) is 52.6. The molecule has 0 aromatic carbocycles. The Morgan fingerprint density at radius 3 is 1.06 bits per heavy atom. The fourth-order valence-corrected chi connectivity index (χ4v) is 14.4. The van der Waals surface area contributed by atoms with Crippen molar-refractivity contribution in [2.24, 2.45) is 0 Å². The molecule has 0 spiro atoms. The van der Waals surface area contributed by atoms with Crippen LogP contribution >= 0.6 is 33.2 Å². The molecule has 12 aliphatic rings. The Morgan fingerprint density at radius 1 is 0.545 bits per heavy atom. The fourth-order valence-electron chi connectivity index (χ4n) is 6.70. The zero-order valence-corrected chi connectivity index (χ0v) is 25.4. The van der Waals surface area contributed by atoms with Crippen LogP contribution in [0.15, 0.2) is 0 Å². The van der Waals surface area contributed by atoms with Crippen molar-refractivity contribution in [3.8, 4) is 0 Å². The summed E-state index contributed by atoms with van der Waals surface area (Å²) in [7, 11) is 5.74. The van der Waals surface area contributed by atoms with E-state index in [1.165, 1.54) is 95.8 Å². The van der Waals surface area contributed by atoms with Crippen LogP contribution < -0.4 is 28.7 Å². The van der Waals surface area contributed by atoms with E-state index in [1.54, 1.807) is 18.8 Å². The van der Waals surface area contributed by atoms with Crippen LogP contribution in [0.4, 0.5) is 0 Å². The van der Waals surface area contributed by atoms with E-state index in [4.69, 9.17) is 0 Å². The van der Waals surface area contributed by atoms with E-state index in [0.29, 0.717) is 23.8 Å². The summed E-state index contributed by atoms with van der Waals surface area (Å²) in [6, 6.07) is 2.42. The molecule has 9 nitrogen and oxygen atoms in total. The summed E-state index contributed by atoms with van der Waals surface area (Å²) in [5, 5.41) is 7.19. The van der Waals surface area contributed by atoms with Gasteiger partial charge in [0, 0.05) is 75.5 Å². The molecule has 15 heteroatoms. The molecule has 0 saturated carbocycles. The van der Waals surface area contributed by atoms with E-state index in [2.05, 4.69) is 55.4 Å². The second kappa shape index (κ2) is 11.9. The van der Waals surface area contributed by atoms with Gasteiger partial charge in [-0.25, -0.2) is 31.3 Å². The number of nitrogens with one attached hydrogen (secondary N) is 3. The number of halogens is 2. The van der Waals surface area contributed by atoms with Crippen LogP contribution in [0.5, 0.6) is 0 Å². The Morgan fingerprint density at radius 2 is 0.848 bits per heavy atom. The van der Waals surface area contributed by atoms with E-state index < -0.39 is 0 Å². The first-order valence-electron chi connectivity index (χ1n) is 11.7. The van der Waals surface area contributed by atoms with Crippen LogP contribution in [-0.2, 0) is 18.8 Å². The summed E-state index contributed by atoms with van der Waals surface area (Å²) >= 11 is 1.61. The zero-order chi connectivity index (χ0) is 21.7. The van der Waals surface area contributed by atoms with Gasteiger partial charge >= 0.3 is 28.2 Å². The van der Waals surface area contributed by atoms with Crippen LogP contribution in [0.1, 0.15) is 0 Å². The van der Waals surface area contributed by atoms with Gasteiger partial charge < -0.3 is 12.4 Å². The molecule has 12 unspecified atom stereocenters. The van der Waals surface area contributed by atoms with Crippen LogP contribution in [-0.4, -0.2) is 144 Å². The van der Waals surface area contributed by atoms with E-state index in [9.17, 15) is 0 Å². The van der Waals surface area contributed by atoms with Crippen molar-refractivity contribution in [3.63, 3.8) is 0 Å². The molecule has 12 heterocycles. The average molecular weight is 737 g/mol. The van der Waals surface area contributed by atoms with Gasteiger partial charge in [-0.2, -0.15) is 0 Å². The van der Waals surface area contributed by atoms with Gasteiger partial charge in [0.05, 0.1) is 20.0 Å². The predicted molar refractivity (Wildman–Crippen MR) is 131 cm³/mol. The van der Waals surface area contributed by atoms with Crippen molar-refractivity contribution >= 4 is 33.2 Å². The number of rotatable bonds is 0. The molecule has 0 aliphatic carbocycles. The van der Waals surface area contributed by atoms with Gasteiger partial charge in [-0.1, -0.05) is 23.8 Å². The number of hydrazine groups is 3. The van der Waals surface area contributed by atoms with Gasteiger partial charge in [-0.3, -0.25) is 14.7 Å². The SMILES string of the molecule is C1C2CP3CN1CN(C3)N2.C1C2CP3CN1CN(C3)N2.C1C2CP3CN1CN(C3)N2.[Cl-].[Cl][Pt+]. The van der Waals surface area contributed by atoms with Crippen molar-refractivity contribution in [3.05, 3.63) is 0 Å². The first kappa shape index (κ1) is 26.8. The van der Waals surface area contributed by atoms with Gasteiger partial charge in [0.25, 0.3) is 0 Å². The summed E-state index contributed by atoms with van der Waals surface area (Å²) in [6.45, 7) is 7.43. The van der Waals surface area contributed by atoms with Crippen LogP contribution in [0.25, 0.3) is 0 Å². The van der Waals surface area contributed by atoms with E-state index in [-0.39, 0.29) is 12.4 Å².